The first-order chi connectivity index (χ1) is 9.36. The van der Waals surface area contributed by atoms with E-state index in [0.717, 1.165) is 16.6 Å². The molecule has 0 amide bonds. The molecule has 0 saturated carbocycles. The number of nitrogens with two attached hydrogens (primary N) is 1. The molecular weight excluding hydrogens is 360 g/mol. The van der Waals surface area contributed by atoms with E-state index in [4.69, 9.17) is 5.14 Å². The molecule has 0 saturated heterocycles. The zero-order chi connectivity index (χ0) is 14.8. The quantitative estimate of drug-likeness (QED) is 0.844. The number of hydrogen-bond donors (Lipinski definition) is 2. The minimum atomic E-state index is -3.65. The molecule has 2 aromatic rings. The summed E-state index contributed by atoms with van der Waals surface area (Å²) in [5.41, 5.74) is 0.896. The van der Waals surface area contributed by atoms with Crippen LogP contribution in [0.15, 0.2) is 45.1 Å². The number of thiophene rings is 1. The van der Waals surface area contributed by atoms with Crippen LogP contribution in [0.2, 0.25) is 0 Å². The van der Waals surface area contributed by atoms with Gasteiger partial charge in [0, 0.05) is 27.3 Å². The van der Waals surface area contributed by atoms with Gasteiger partial charge in [-0.3, -0.25) is 0 Å². The van der Waals surface area contributed by atoms with Gasteiger partial charge in [-0.05, 0) is 46.6 Å². The standard InChI is InChI=1S/C13H15BrN2O2S2/c1-9(16-7-12-6-11(14)8-19-12)10-3-2-4-13(5-10)20(15,17)18/h2-6,8-9,16H,7H2,1H3,(H2,15,17,18). The van der Waals surface area contributed by atoms with Gasteiger partial charge >= 0.3 is 0 Å². The molecule has 0 bridgehead atoms. The molecule has 3 N–H and O–H groups in total. The second kappa shape index (κ2) is 6.36. The van der Waals surface area contributed by atoms with Crippen molar-refractivity contribution in [2.45, 2.75) is 24.4 Å². The van der Waals surface area contributed by atoms with Crippen molar-refractivity contribution in [3.63, 3.8) is 0 Å². The maximum Gasteiger partial charge on any atom is 0.238 e. The van der Waals surface area contributed by atoms with E-state index in [9.17, 15) is 8.42 Å². The van der Waals surface area contributed by atoms with Crippen molar-refractivity contribution in [2.75, 3.05) is 0 Å². The van der Waals surface area contributed by atoms with Gasteiger partial charge in [0.1, 0.15) is 0 Å². The summed E-state index contributed by atoms with van der Waals surface area (Å²) in [6.45, 7) is 2.72. The highest BCUT2D eigenvalue weighted by Crippen LogP contribution is 2.21. The third-order valence-corrected chi connectivity index (χ3v) is 5.50. The average molecular weight is 375 g/mol. The van der Waals surface area contributed by atoms with Crippen molar-refractivity contribution < 1.29 is 8.42 Å². The zero-order valence-electron chi connectivity index (χ0n) is 10.8. The molecule has 0 aliphatic carbocycles. The minimum Gasteiger partial charge on any atom is -0.305 e. The van der Waals surface area contributed by atoms with Crippen LogP contribution >= 0.6 is 27.3 Å². The predicted octanol–water partition coefficient (Wildman–Crippen LogP) is 3.01. The van der Waals surface area contributed by atoms with Crippen LogP contribution < -0.4 is 10.5 Å². The molecule has 1 aromatic carbocycles. The third-order valence-electron chi connectivity index (χ3n) is 2.89. The van der Waals surface area contributed by atoms with Gasteiger partial charge in [-0.15, -0.1) is 11.3 Å². The number of benzene rings is 1. The van der Waals surface area contributed by atoms with Crippen molar-refractivity contribution in [1.82, 2.24) is 5.32 Å². The minimum absolute atomic E-state index is 0.0394. The van der Waals surface area contributed by atoms with Gasteiger partial charge < -0.3 is 5.32 Å². The smallest absolute Gasteiger partial charge is 0.238 e. The number of sulfonamides is 1. The van der Waals surface area contributed by atoms with E-state index in [0.29, 0.717) is 0 Å². The molecule has 1 heterocycles. The number of halogens is 1. The molecule has 0 radical (unpaired) electrons. The Labute approximate surface area is 131 Å². The molecule has 1 atom stereocenters. The number of rotatable bonds is 5. The van der Waals surface area contributed by atoms with E-state index in [1.165, 1.54) is 10.9 Å². The molecule has 2 rings (SSSR count). The summed E-state index contributed by atoms with van der Waals surface area (Å²) in [7, 11) is -3.65. The van der Waals surface area contributed by atoms with Crippen LogP contribution in [-0.2, 0) is 16.6 Å². The summed E-state index contributed by atoms with van der Waals surface area (Å²) < 4.78 is 23.8. The predicted molar refractivity (Wildman–Crippen MR) is 85.1 cm³/mol. The Morgan fingerprint density at radius 1 is 1.40 bits per heavy atom. The summed E-state index contributed by atoms with van der Waals surface area (Å²) in [6.07, 6.45) is 0. The lowest BCUT2D eigenvalue weighted by molar-refractivity contribution is 0.576. The molecule has 0 aliphatic heterocycles. The lowest BCUT2D eigenvalue weighted by Gasteiger charge is -2.14. The Bertz CT molecular complexity index is 698. The lowest BCUT2D eigenvalue weighted by Crippen LogP contribution is -2.18. The summed E-state index contributed by atoms with van der Waals surface area (Å²) in [5.74, 6) is 0. The fourth-order valence-electron chi connectivity index (χ4n) is 1.78. The van der Waals surface area contributed by atoms with Crippen molar-refractivity contribution in [3.05, 3.63) is 50.6 Å². The Hall–Kier alpha value is -0.730. The van der Waals surface area contributed by atoms with Crippen LogP contribution in [-0.4, -0.2) is 8.42 Å². The molecule has 7 heteroatoms. The zero-order valence-corrected chi connectivity index (χ0v) is 14.1. The van der Waals surface area contributed by atoms with Gasteiger partial charge in [-0.25, -0.2) is 13.6 Å². The largest absolute Gasteiger partial charge is 0.305 e. The van der Waals surface area contributed by atoms with Gasteiger partial charge in [0.15, 0.2) is 0 Å². The molecule has 108 valence electrons. The van der Waals surface area contributed by atoms with E-state index in [1.807, 2.05) is 18.4 Å². The number of primary sulfonamides is 1. The summed E-state index contributed by atoms with van der Waals surface area (Å²) in [4.78, 5) is 1.36. The SMILES string of the molecule is CC(NCc1cc(Br)cs1)c1cccc(S(N)(=O)=O)c1. The highest BCUT2D eigenvalue weighted by atomic mass is 79.9. The lowest BCUT2D eigenvalue weighted by atomic mass is 10.1. The Kier molecular flexibility index (Phi) is 4.98. The van der Waals surface area contributed by atoms with Gasteiger partial charge in [0.25, 0.3) is 0 Å². The van der Waals surface area contributed by atoms with Crippen LogP contribution in [0.4, 0.5) is 0 Å². The fraction of sp³-hybridized carbons (Fsp3) is 0.231. The molecule has 0 fully saturated rings. The van der Waals surface area contributed by atoms with Crippen LogP contribution in [0.5, 0.6) is 0 Å². The normalized spacial score (nSPS) is 13.3. The second-order valence-corrected chi connectivity index (χ2v) is 7.92. The maximum absolute atomic E-state index is 11.3. The van der Waals surface area contributed by atoms with Crippen LogP contribution in [0, 0.1) is 0 Å². The Morgan fingerprint density at radius 3 is 2.75 bits per heavy atom. The van der Waals surface area contributed by atoms with Gasteiger partial charge in [-0.1, -0.05) is 12.1 Å². The first-order valence-electron chi connectivity index (χ1n) is 5.95. The monoisotopic (exact) mass is 374 g/mol. The van der Waals surface area contributed by atoms with E-state index in [1.54, 1.807) is 23.5 Å². The maximum atomic E-state index is 11.3. The van der Waals surface area contributed by atoms with Gasteiger partial charge in [0.2, 0.25) is 10.0 Å². The first-order valence-corrected chi connectivity index (χ1v) is 9.17. The molecule has 1 aromatic heterocycles. The second-order valence-electron chi connectivity index (χ2n) is 4.45. The summed E-state index contributed by atoms with van der Waals surface area (Å²) in [6, 6.07) is 8.80. The van der Waals surface area contributed by atoms with Crippen molar-refractivity contribution in [1.29, 1.82) is 0 Å². The fourth-order valence-corrected chi connectivity index (χ4v) is 3.75. The molecule has 0 spiro atoms. The van der Waals surface area contributed by atoms with Crippen molar-refractivity contribution >= 4 is 37.3 Å². The summed E-state index contributed by atoms with van der Waals surface area (Å²) in [5, 5.41) is 10.5. The number of nitrogens with one attached hydrogen (secondary N) is 1. The highest BCUT2D eigenvalue weighted by molar-refractivity contribution is 9.10. The van der Waals surface area contributed by atoms with Crippen LogP contribution in [0.1, 0.15) is 23.4 Å². The third kappa shape index (κ3) is 4.13. The van der Waals surface area contributed by atoms with Crippen LogP contribution in [0.3, 0.4) is 0 Å². The molecular formula is C13H15BrN2O2S2. The van der Waals surface area contributed by atoms with E-state index >= 15 is 0 Å². The average Bonchev–Trinajstić information content (AvgIpc) is 2.81. The van der Waals surface area contributed by atoms with E-state index < -0.39 is 10.0 Å². The van der Waals surface area contributed by atoms with Crippen molar-refractivity contribution in [2.24, 2.45) is 5.14 Å². The Balaban J connectivity index is 2.07. The Morgan fingerprint density at radius 2 is 2.15 bits per heavy atom. The molecule has 20 heavy (non-hydrogen) atoms. The highest BCUT2D eigenvalue weighted by Gasteiger charge is 2.11. The van der Waals surface area contributed by atoms with E-state index in [2.05, 4.69) is 27.3 Å². The van der Waals surface area contributed by atoms with E-state index in [-0.39, 0.29) is 10.9 Å². The molecule has 0 aliphatic rings. The van der Waals surface area contributed by atoms with Gasteiger partial charge in [-0.2, -0.15) is 0 Å². The van der Waals surface area contributed by atoms with Crippen molar-refractivity contribution in [3.8, 4) is 0 Å². The topological polar surface area (TPSA) is 72.2 Å². The number of hydrogen-bond acceptors (Lipinski definition) is 4. The van der Waals surface area contributed by atoms with Gasteiger partial charge in [0.05, 0.1) is 4.90 Å². The molecule has 1 unspecified atom stereocenters. The summed E-state index contributed by atoms with van der Waals surface area (Å²) >= 11 is 5.09. The first kappa shape index (κ1) is 15.7. The van der Waals surface area contributed by atoms with Crippen LogP contribution in [0.25, 0.3) is 0 Å². The molecule has 4 nitrogen and oxygen atoms in total.